The summed E-state index contributed by atoms with van der Waals surface area (Å²) in [5.41, 5.74) is 15.5. The lowest BCUT2D eigenvalue weighted by Gasteiger charge is -2.58. The molecule has 0 aliphatic heterocycles. The summed E-state index contributed by atoms with van der Waals surface area (Å²) in [4.78, 5) is 0. The van der Waals surface area contributed by atoms with E-state index >= 15 is 0 Å². The highest BCUT2D eigenvalue weighted by Gasteiger charge is 2.55. The van der Waals surface area contributed by atoms with E-state index in [0.717, 1.165) is 47.0 Å². The van der Waals surface area contributed by atoms with Crippen molar-refractivity contribution in [2.75, 3.05) is 11.5 Å². The quantitative estimate of drug-likeness (QED) is 0.168. The van der Waals surface area contributed by atoms with Gasteiger partial charge in [-0.25, -0.2) is 0 Å². The second kappa shape index (κ2) is 9.48. The van der Waals surface area contributed by atoms with E-state index in [1.54, 1.807) is 24.3 Å². The molecule has 6 N–H and O–H groups in total. The number of hydrogen-bond donors (Lipinski definition) is 4. The van der Waals surface area contributed by atoms with E-state index in [4.69, 9.17) is 20.9 Å². The zero-order chi connectivity index (χ0) is 29.8. The highest BCUT2D eigenvalue weighted by atomic mass is 16.5. The molecule has 11 rings (SSSR count). The SMILES string of the molecule is Nc1cccc(Oc2cc(Oc3cccc(N)c3O)c(C34CC5CC(CC(C5)C3)C4)cc2C23CC4CC(CC(C4)C2)C3)c1O. The summed E-state index contributed by atoms with van der Waals surface area (Å²) < 4.78 is 13.4. The number of hydrogen-bond acceptors (Lipinski definition) is 6. The van der Waals surface area contributed by atoms with Gasteiger partial charge in [-0.1, -0.05) is 12.1 Å². The normalized spacial score (nSPS) is 36.1. The smallest absolute Gasteiger partial charge is 0.181 e. The van der Waals surface area contributed by atoms with Crippen molar-refractivity contribution in [3.05, 3.63) is 59.7 Å². The van der Waals surface area contributed by atoms with Crippen LogP contribution >= 0.6 is 0 Å². The van der Waals surface area contributed by atoms with E-state index in [2.05, 4.69) is 12.1 Å². The van der Waals surface area contributed by atoms with Gasteiger partial charge < -0.3 is 31.2 Å². The fraction of sp³-hybridized carbons (Fsp3) is 0.526. The maximum atomic E-state index is 10.9. The van der Waals surface area contributed by atoms with Gasteiger partial charge >= 0.3 is 0 Å². The number of nitrogens with two attached hydrogens (primary N) is 2. The largest absolute Gasteiger partial charge is 0.503 e. The van der Waals surface area contributed by atoms with Crippen LogP contribution in [0.25, 0.3) is 0 Å². The molecule has 8 fully saturated rings. The number of phenols is 2. The topological polar surface area (TPSA) is 111 Å². The van der Waals surface area contributed by atoms with Gasteiger partial charge in [0, 0.05) is 17.2 Å². The first kappa shape index (κ1) is 26.8. The van der Waals surface area contributed by atoms with Gasteiger partial charge in [0.15, 0.2) is 23.0 Å². The van der Waals surface area contributed by atoms with Gasteiger partial charge in [0.05, 0.1) is 11.4 Å². The van der Waals surface area contributed by atoms with Crippen LogP contribution in [0.15, 0.2) is 48.5 Å². The molecule has 8 aliphatic carbocycles. The molecule has 0 aromatic heterocycles. The Morgan fingerprint density at radius 2 is 0.841 bits per heavy atom. The van der Waals surface area contributed by atoms with E-state index in [0.29, 0.717) is 22.9 Å². The van der Waals surface area contributed by atoms with Crippen LogP contribution in [0.4, 0.5) is 11.4 Å². The van der Waals surface area contributed by atoms with Gasteiger partial charge in [-0.3, -0.25) is 0 Å². The van der Waals surface area contributed by atoms with Crippen molar-refractivity contribution in [1.82, 2.24) is 0 Å². The first-order chi connectivity index (χ1) is 21.3. The number of ether oxygens (including phenoxy) is 2. The molecule has 6 nitrogen and oxygen atoms in total. The van der Waals surface area contributed by atoms with Crippen molar-refractivity contribution >= 4 is 11.4 Å². The van der Waals surface area contributed by atoms with Crippen LogP contribution in [-0.2, 0) is 10.8 Å². The molecule has 8 aliphatic rings. The molecule has 0 radical (unpaired) electrons. The Balaban J connectivity index is 1.25. The van der Waals surface area contributed by atoms with Gasteiger partial charge in [-0.2, -0.15) is 0 Å². The molecule has 0 amide bonds. The molecule has 0 heterocycles. The maximum absolute atomic E-state index is 10.9. The zero-order valence-electron chi connectivity index (χ0n) is 25.4. The van der Waals surface area contributed by atoms with Gasteiger partial charge in [0.2, 0.25) is 0 Å². The van der Waals surface area contributed by atoms with E-state index < -0.39 is 0 Å². The number of anilines is 2. The van der Waals surface area contributed by atoms with Crippen LogP contribution in [0.5, 0.6) is 34.5 Å². The minimum Gasteiger partial charge on any atom is -0.503 e. The van der Waals surface area contributed by atoms with Gasteiger partial charge in [-0.05, 0) is 154 Å². The Labute approximate surface area is 259 Å². The van der Waals surface area contributed by atoms with E-state index in [1.165, 1.54) is 88.2 Å². The fourth-order valence-corrected chi connectivity index (χ4v) is 11.9. The lowest BCUT2D eigenvalue weighted by Crippen LogP contribution is -2.50. The first-order valence-electron chi connectivity index (χ1n) is 17.0. The third-order valence-corrected chi connectivity index (χ3v) is 12.8. The lowest BCUT2D eigenvalue weighted by atomic mass is 9.46. The van der Waals surface area contributed by atoms with Crippen LogP contribution < -0.4 is 20.9 Å². The van der Waals surface area contributed by atoms with Crippen LogP contribution in [0, 0.1) is 35.5 Å². The third-order valence-electron chi connectivity index (χ3n) is 12.8. The van der Waals surface area contributed by atoms with Crippen LogP contribution in [0.1, 0.15) is 88.2 Å². The lowest BCUT2D eigenvalue weighted by molar-refractivity contribution is -0.00939. The minimum atomic E-state index is -0.0370. The predicted octanol–water partition coefficient (Wildman–Crippen LogP) is 8.78. The highest BCUT2D eigenvalue weighted by Crippen LogP contribution is 2.66. The number of rotatable bonds is 6. The molecule has 8 saturated carbocycles. The van der Waals surface area contributed by atoms with Crippen LogP contribution in [0.2, 0.25) is 0 Å². The second-order valence-corrected chi connectivity index (χ2v) is 15.8. The number of aromatic hydroxyl groups is 2. The summed E-state index contributed by atoms with van der Waals surface area (Å²) in [6.07, 6.45) is 15.4. The summed E-state index contributed by atoms with van der Waals surface area (Å²) in [5, 5.41) is 21.9. The van der Waals surface area contributed by atoms with Crippen molar-refractivity contribution < 1.29 is 19.7 Å². The molecule has 0 spiro atoms. The molecule has 230 valence electrons. The summed E-state index contributed by atoms with van der Waals surface area (Å²) in [7, 11) is 0. The molecule has 0 atom stereocenters. The first-order valence-corrected chi connectivity index (χ1v) is 17.0. The van der Waals surface area contributed by atoms with Gasteiger partial charge in [0.1, 0.15) is 11.5 Å². The van der Waals surface area contributed by atoms with Crippen molar-refractivity contribution in [2.45, 2.75) is 87.9 Å². The third kappa shape index (κ3) is 4.12. The van der Waals surface area contributed by atoms with Crippen molar-refractivity contribution in [3.8, 4) is 34.5 Å². The molecule has 44 heavy (non-hydrogen) atoms. The Hall–Kier alpha value is -3.54. The monoisotopic (exact) mass is 592 g/mol. The number of para-hydroxylation sites is 2. The molecule has 6 heteroatoms. The molecule has 8 bridgehead atoms. The average Bonchev–Trinajstić information content (AvgIpc) is 2.96. The minimum absolute atomic E-state index is 0.0370. The molecule has 3 aromatic carbocycles. The van der Waals surface area contributed by atoms with Gasteiger partial charge in [0.25, 0.3) is 0 Å². The van der Waals surface area contributed by atoms with E-state index in [9.17, 15) is 10.2 Å². The van der Waals surface area contributed by atoms with Crippen LogP contribution in [0.3, 0.4) is 0 Å². The second-order valence-electron chi connectivity index (χ2n) is 15.8. The van der Waals surface area contributed by atoms with Crippen molar-refractivity contribution in [1.29, 1.82) is 0 Å². The van der Waals surface area contributed by atoms with Gasteiger partial charge in [-0.15, -0.1) is 0 Å². The Morgan fingerprint density at radius 3 is 1.18 bits per heavy atom. The summed E-state index contributed by atoms with van der Waals surface area (Å²) in [6, 6.07) is 15.1. The summed E-state index contributed by atoms with van der Waals surface area (Å²) in [6.45, 7) is 0. The molecule has 0 unspecified atom stereocenters. The Morgan fingerprint density at radius 1 is 0.500 bits per heavy atom. The highest BCUT2D eigenvalue weighted by molar-refractivity contribution is 5.64. The Bertz CT molecular complexity index is 1460. The number of nitrogen functional groups attached to an aromatic ring is 2. The summed E-state index contributed by atoms with van der Waals surface area (Å²) in [5.74, 6) is 6.77. The molecular weight excluding hydrogens is 548 g/mol. The van der Waals surface area contributed by atoms with Crippen molar-refractivity contribution in [2.24, 2.45) is 35.5 Å². The average molecular weight is 593 g/mol. The van der Waals surface area contributed by atoms with Crippen LogP contribution in [-0.4, -0.2) is 10.2 Å². The van der Waals surface area contributed by atoms with E-state index in [-0.39, 0.29) is 22.3 Å². The number of benzene rings is 3. The maximum Gasteiger partial charge on any atom is 0.181 e. The molecular formula is C38H44N2O4. The predicted molar refractivity (Wildman–Crippen MR) is 171 cm³/mol. The standard InChI is InChI=1S/C38H44N2O4/c39-29-3-1-5-31(35(29)41)43-33-14-34(44-32-6-2-4-30(40)36(32)42)28(38-18-24-10-25(19-38)12-26(11-24)20-38)13-27(33)37-15-21-7-22(16-37)9-23(8-21)17-37/h1-6,13-14,21-26,41-42H,7-12,15-20,39-40H2. The van der Waals surface area contributed by atoms with E-state index in [1.807, 2.05) is 12.1 Å². The molecule has 0 saturated heterocycles. The fourth-order valence-electron chi connectivity index (χ4n) is 11.9. The molecule has 3 aromatic rings. The van der Waals surface area contributed by atoms with Crippen molar-refractivity contribution in [3.63, 3.8) is 0 Å². The Kier molecular flexibility index (Phi) is 5.78. The number of phenolic OH excluding ortho intramolecular Hbond substituents is 2. The summed E-state index contributed by atoms with van der Waals surface area (Å²) >= 11 is 0. The zero-order valence-corrected chi connectivity index (χ0v) is 25.4.